The molecular weight excluding hydrogens is 526 g/mol. The molecule has 6 rings (SSSR count). The van der Waals surface area contributed by atoms with E-state index in [1.807, 2.05) is 18.2 Å². The van der Waals surface area contributed by atoms with Gasteiger partial charge in [-0.3, -0.25) is 0 Å². The van der Waals surface area contributed by atoms with Crippen LogP contribution in [0.25, 0.3) is 0 Å². The molecule has 0 heterocycles. The van der Waals surface area contributed by atoms with Crippen LogP contribution in [0.3, 0.4) is 0 Å². The van der Waals surface area contributed by atoms with Gasteiger partial charge in [0.15, 0.2) is 0 Å². The van der Waals surface area contributed by atoms with E-state index in [0.29, 0.717) is 16.7 Å². The van der Waals surface area contributed by atoms with Crippen molar-refractivity contribution in [2.75, 3.05) is 0 Å². The van der Waals surface area contributed by atoms with Gasteiger partial charge in [-0.2, -0.15) is 0 Å². The lowest BCUT2D eigenvalue weighted by Crippen LogP contribution is -2.64. The number of hydrogen-bond acceptors (Lipinski definition) is 2. The first-order valence-electron chi connectivity index (χ1n) is 13.9. The van der Waals surface area contributed by atoms with Crippen molar-refractivity contribution in [2.24, 2.45) is 0 Å². The van der Waals surface area contributed by atoms with Crippen molar-refractivity contribution in [3.8, 4) is 0 Å². The second-order valence-corrected chi connectivity index (χ2v) is 10.6. The Balaban J connectivity index is 1.84. The van der Waals surface area contributed by atoms with Crippen LogP contribution >= 0.6 is 0 Å². The number of hydrogen-bond donors (Lipinski definition) is 2. The highest BCUT2D eigenvalue weighted by Crippen LogP contribution is 2.62. The standard InChI is InChI=1S/C38H30F2O2/c39-34-25-12-10-22-31(34)32-23-14-15-27-36(32,33-24-11-13-26-35(33)40)38(42,30-20-8-3-9-21-30)37(41,28-16-4-1-5-17-28)29-18-6-2-7-19-29/h1-27,32,41-42H. The average Bonchev–Trinajstić information content (AvgIpc) is 3.05. The van der Waals surface area contributed by atoms with Gasteiger partial charge in [-0.1, -0.05) is 152 Å². The molecule has 0 saturated carbocycles. The third-order valence-corrected chi connectivity index (χ3v) is 8.52. The Labute approximate surface area is 244 Å². The van der Waals surface area contributed by atoms with E-state index in [1.165, 1.54) is 12.1 Å². The lowest BCUT2D eigenvalue weighted by molar-refractivity contribution is -0.179. The highest BCUT2D eigenvalue weighted by atomic mass is 19.1. The molecule has 4 heteroatoms. The highest BCUT2D eigenvalue weighted by molar-refractivity contribution is 5.57. The summed E-state index contributed by atoms with van der Waals surface area (Å²) in [6.07, 6.45) is 6.99. The van der Waals surface area contributed by atoms with Gasteiger partial charge in [0.05, 0.1) is 5.41 Å². The minimum atomic E-state index is -2.31. The topological polar surface area (TPSA) is 40.5 Å². The summed E-state index contributed by atoms with van der Waals surface area (Å²) in [6.45, 7) is 0. The first kappa shape index (κ1) is 27.5. The van der Waals surface area contributed by atoms with Crippen molar-refractivity contribution in [3.63, 3.8) is 0 Å². The Morgan fingerprint density at radius 3 is 1.55 bits per heavy atom. The van der Waals surface area contributed by atoms with Gasteiger partial charge < -0.3 is 10.2 Å². The molecule has 208 valence electrons. The maximum absolute atomic E-state index is 16.3. The minimum Gasteiger partial charge on any atom is -0.380 e. The first-order chi connectivity index (χ1) is 20.4. The third kappa shape index (κ3) is 4.06. The van der Waals surface area contributed by atoms with Gasteiger partial charge in [-0.05, 0) is 34.4 Å². The number of allylic oxidation sites excluding steroid dienone is 3. The SMILES string of the molecule is OC(c1ccccc1)(c1ccccc1)C(O)(c1ccccc1)C1(c2ccccc2F)C=CC=CC1c1ccccc1F. The molecule has 1 aliphatic rings. The number of halogens is 2. The third-order valence-electron chi connectivity index (χ3n) is 8.52. The summed E-state index contributed by atoms with van der Waals surface area (Å²) in [4.78, 5) is 0. The van der Waals surface area contributed by atoms with Crippen LogP contribution in [0.15, 0.2) is 164 Å². The van der Waals surface area contributed by atoms with E-state index in [0.717, 1.165) is 0 Å². The van der Waals surface area contributed by atoms with Crippen molar-refractivity contribution >= 4 is 0 Å². The molecule has 0 bridgehead atoms. The van der Waals surface area contributed by atoms with Crippen LogP contribution in [0.2, 0.25) is 0 Å². The van der Waals surface area contributed by atoms with Gasteiger partial charge in [0.1, 0.15) is 22.8 Å². The zero-order valence-corrected chi connectivity index (χ0v) is 22.8. The van der Waals surface area contributed by atoms with Gasteiger partial charge >= 0.3 is 0 Å². The van der Waals surface area contributed by atoms with E-state index >= 15 is 8.78 Å². The Hall–Kier alpha value is -4.64. The van der Waals surface area contributed by atoms with Crippen LogP contribution in [0.5, 0.6) is 0 Å². The summed E-state index contributed by atoms with van der Waals surface area (Å²) >= 11 is 0. The smallest absolute Gasteiger partial charge is 0.149 e. The van der Waals surface area contributed by atoms with Gasteiger partial charge in [0.2, 0.25) is 0 Å². The van der Waals surface area contributed by atoms with Crippen molar-refractivity contribution < 1.29 is 19.0 Å². The summed E-state index contributed by atoms with van der Waals surface area (Å²) in [5.74, 6) is -2.01. The predicted molar refractivity (Wildman–Crippen MR) is 162 cm³/mol. The molecule has 0 aromatic heterocycles. The van der Waals surface area contributed by atoms with E-state index in [4.69, 9.17) is 0 Å². The second-order valence-electron chi connectivity index (χ2n) is 10.6. The number of aliphatic hydroxyl groups is 2. The maximum atomic E-state index is 16.3. The van der Waals surface area contributed by atoms with Gasteiger partial charge in [0, 0.05) is 11.5 Å². The Morgan fingerprint density at radius 2 is 1.00 bits per heavy atom. The summed E-state index contributed by atoms with van der Waals surface area (Å²) in [7, 11) is 0. The molecule has 0 amide bonds. The number of benzene rings is 5. The van der Waals surface area contributed by atoms with E-state index < -0.39 is 34.2 Å². The summed E-state index contributed by atoms with van der Waals surface area (Å²) in [6, 6.07) is 39.1. The molecule has 0 saturated heterocycles. The molecule has 0 aliphatic heterocycles. The van der Waals surface area contributed by atoms with E-state index in [1.54, 1.807) is 133 Å². The van der Waals surface area contributed by atoms with Crippen LogP contribution in [-0.4, -0.2) is 10.2 Å². The molecule has 2 nitrogen and oxygen atoms in total. The van der Waals surface area contributed by atoms with Crippen molar-refractivity contribution in [1.29, 1.82) is 0 Å². The van der Waals surface area contributed by atoms with Crippen molar-refractivity contribution in [1.82, 2.24) is 0 Å². The van der Waals surface area contributed by atoms with Crippen LogP contribution in [-0.2, 0) is 16.6 Å². The Kier molecular flexibility index (Phi) is 7.19. The molecule has 42 heavy (non-hydrogen) atoms. The van der Waals surface area contributed by atoms with Gasteiger partial charge in [-0.15, -0.1) is 0 Å². The van der Waals surface area contributed by atoms with Crippen LogP contribution in [0.4, 0.5) is 8.78 Å². The normalized spacial score (nSPS) is 19.8. The molecule has 3 unspecified atom stereocenters. The Bertz CT molecular complexity index is 1690. The molecule has 5 aromatic carbocycles. The molecule has 0 radical (unpaired) electrons. The zero-order valence-electron chi connectivity index (χ0n) is 22.8. The molecule has 3 atom stereocenters. The van der Waals surface area contributed by atoms with E-state index in [-0.39, 0.29) is 11.1 Å². The predicted octanol–water partition coefficient (Wildman–Crippen LogP) is 7.94. The van der Waals surface area contributed by atoms with Gasteiger partial charge in [-0.25, -0.2) is 8.78 Å². The average molecular weight is 557 g/mol. The van der Waals surface area contributed by atoms with Crippen LogP contribution in [0.1, 0.15) is 33.7 Å². The monoisotopic (exact) mass is 556 g/mol. The zero-order chi connectivity index (χ0) is 29.2. The summed E-state index contributed by atoms with van der Waals surface area (Å²) in [5.41, 5.74) is -4.70. The fraction of sp³-hybridized carbons (Fsp3) is 0.105. The molecular formula is C38H30F2O2. The molecule has 2 N–H and O–H groups in total. The van der Waals surface area contributed by atoms with Gasteiger partial charge in [0.25, 0.3) is 0 Å². The fourth-order valence-corrected chi connectivity index (χ4v) is 6.68. The summed E-state index contributed by atoms with van der Waals surface area (Å²) < 4.78 is 32.1. The molecule has 0 fully saturated rings. The van der Waals surface area contributed by atoms with E-state index in [9.17, 15) is 10.2 Å². The molecule has 5 aromatic rings. The quantitative estimate of drug-likeness (QED) is 0.214. The summed E-state index contributed by atoms with van der Waals surface area (Å²) in [5, 5.41) is 27.3. The van der Waals surface area contributed by atoms with Crippen molar-refractivity contribution in [2.45, 2.75) is 22.5 Å². The lowest BCUT2D eigenvalue weighted by atomic mass is 9.48. The molecule has 0 spiro atoms. The Morgan fingerprint density at radius 1 is 0.524 bits per heavy atom. The van der Waals surface area contributed by atoms with Crippen molar-refractivity contribution in [3.05, 3.63) is 203 Å². The minimum absolute atomic E-state index is 0.121. The second kappa shape index (κ2) is 11.0. The maximum Gasteiger partial charge on any atom is 0.149 e. The lowest BCUT2D eigenvalue weighted by Gasteiger charge is -2.58. The highest BCUT2D eigenvalue weighted by Gasteiger charge is 2.67. The van der Waals surface area contributed by atoms with E-state index in [2.05, 4.69) is 0 Å². The first-order valence-corrected chi connectivity index (χ1v) is 13.9. The van der Waals surface area contributed by atoms with Crippen LogP contribution < -0.4 is 0 Å². The molecule has 1 aliphatic carbocycles. The number of rotatable bonds is 7. The fourth-order valence-electron chi connectivity index (χ4n) is 6.68. The van der Waals surface area contributed by atoms with Crippen LogP contribution in [0, 0.1) is 11.6 Å². The largest absolute Gasteiger partial charge is 0.380 e.